The molecule has 0 aromatic heterocycles. The van der Waals surface area contributed by atoms with Gasteiger partial charge in [0.2, 0.25) is 11.8 Å². The molecular formula is C23H26N2O4. The van der Waals surface area contributed by atoms with E-state index in [9.17, 15) is 9.59 Å². The normalized spacial score (nSPS) is 18.6. The van der Waals surface area contributed by atoms with Gasteiger partial charge >= 0.3 is 0 Å². The van der Waals surface area contributed by atoms with Crippen molar-refractivity contribution in [1.82, 2.24) is 9.80 Å². The Morgan fingerprint density at radius 1 is 1.03 bits per heavy atom. The summed E-state index contributed by atoms with van der Waals surface area (Å²) < 4.78 is 11.0. The maximum atomic E-state index is 12.9. The molecule has 2 aliphatic heterocycles. The second kappa shape index (κ2) is 8.55. The van der Waals surface area contributed by atoms with Gasteiger partial charge in [0, 0.05) is 26.2 Å². The molecule has 2 heterocycles. The first kappa shape index (κ1) is 19.3. The molecule has 2 aromatic rings. The van der Waals surface area contributed by atoms with Gasteiger partial charge in [-0.3, -0.25) is 9.59 Å². The highest BCUT2D eigenvalue weighted by atomic mass is 16.5. The highest BCUT2D eigenvalue weighted by Crippen LogP contribution is 2.28. The van der Waals surface area contributed by atoms with Crippen molar-refractivity contribution in [2.24, 2.45) is 5.92 Å². The summed E-state index contributed by atoms with van der Waals surface area (Å²) in [5, 5.41) is 0. The molecule has 0 saturated carbocycles. The van der Waals surface area contributed by atoms with Gasteiger partial charge in [0.15, 0.2) is 0 Å². The van der Waals surface area contributed by atoms with Crippen LogP contribution in [0.15, 0.2) is 48.5 Å². The SMILES string of the molecule is COc1cccc(CC(=O)N2CCN(C(=O)C3COc4ccccc4C3)CC2)c1. The number of amides is 2. The first-order valence-corrected chi connectivity index (χ1v) is 10.0. The van der Waals surface area contributed by atoms with Crippen molar-refractivity contribution in [3.63, 3.8) is 0 Å². The van der Waals surface area contributed by atoms with Crippen LogP contribution >= 0.6 is 0 Å². The van der Waals surface area contributed by atoms with Crippen LogP contribution in [0.5, 0.6) is 11.5 Å². The number of hydrogen-bond acceptors (Lipinski definition) is 4. The smallest absolute Gasteiger partial charge is 0.229 e. The topological polar surface area (TPSA) is 59.1 Å². The van der Waals surface area contributed by atoms with E-state index < -0.39 is 0 Å². The molecular weight excluding hydrogens is 368 g/mol. The Morgan fingerprint density at radius 2 is 1.79 bits per heavy atom. The van der Waals surface area contributed by atoms with Crippen LogP contribution < -0.4 is 9.47 Å². The summed E-state index contributed by atoms with van der Waals surface area (Å²) in [5.74, 6) is 1.69. The third-order valence-electron chi connectivity index (χ3n) is 5.66. The summed E-state index contributed by atoms with van der Waals surface area (Å²) in [6.07, 6.45) is 1.06. The number of carbonyl (C=O) groups is 2. The molecule has 152 valence electrons. The summed E-state index contributed by atoms with van der Waals surface area (Å²) in [5.41, 5.74) is 2.02. The van der Waals surface area contributed by atoms with E-state index in [1.54, 1.807) is 7.11 Å². The van der Waals surface area contributed by atoms with Gasteiger partial charge in [-0.2, -0.15) is 0 Å². The summed E-state index contributed by atoms with van der Waals surface area (Å²) in [6, 6.07) is 15.5. The molecule has 0 spiro atoms. The van der Waals surface area contributed by atoms with Gasteiger partial charge in [-0.25, -0.2) is 0 Å². The predicted octanol–water partition coefficient (Wildman–Crippen LogP) is 2.16. The van der Waals surface area contributed by atoms with Crippen LogP contribution in [0.3, 0.4) is 0 Å². The van der Waals surface area contributed by atoms with E-state index >= 15 is 0 Å². The zero-order valence-electron chi connectivity index (χ0n) is 16.7. The zero-order valence-corrected chi connectivity index (χ0v) is 16.7. The van der Waals surface area contributed by atoms with Crippen LogP contribution in [0.25, 0.3) is 0 Å². The first-order valence-electron chi connectivity index (χ1n) is 10.0. The number of piperazine rings is 1. The number of hydrogen-bond donors (Lipinski definition) is 0. The van der Waals surface area contributed by atoms with E-state index in [1.807, 2.05) is 58.3 Å². The maximum Gasteiger partial charge on any atom is 0.229 e. The number of ether oxygens (including phenoxy) is 2. The second-order valence-electron chi connectivity index (χ2n) is 7.55. The van der Waals surface area contributed by atoms with Gasteiger partial charge in [-0.15, -0.1) is 0 Å². The Kier molecular flexibility index (Phi) is 5.69. The van der Waals surface area contributed by atoms with Crippen molar-refractivity contribution < 1.29 is 19.1 Å². The lowest BCUT2D eigenvalue weighted by Gasteiger charge is -2.37. The number of nitrogens with zero attached hydrogens (tertiary/aromatic N) is 2. The molecule has 1 atom stereocenters. The average molecular weight is 394 g/mol. The van der Waals surface area contributed by atoms with Gasteiger partial charge in [0.25, 0.3) is 0 Å². The maximum absolute atomic E-state index is 12.9. The molecule has 1 saturated heterocycles. The van der Waals surface area contributed by atoms with Gasteiger partial charge in [-0.05, 0) is 35.7 Å². The lowest BCUT2D eigenvalue weighted by Crippen LogP contribution is -2.53. The van der Waals surface area contributed by atoms with E-state index in [0.717, 1.165) is 22.6 Å². The lowest BCUT2D eigenvalue weighted by molar-refractivity contribution is -0.142. The lowest BCUT2D eigenvalue weighted by atomic mass is 9.95. The molecule has 6 nitrogen and oxygen atoms in total. The summed E-state index contributed by atoms with van der Waals surface area (Å²) in [4.78, 5) is 29.3. The molecule has 0 aliphatic carbocycles. The summed E-state index contributed by atoms with van der Waals surface area (Å²) >= 11 is 0. The number of methoxy groups -OCH3 is 1. The second-order valence-corrected chi connectivity index (χ2v) is 7.55. The molecule has 1 unspecified atom stereocenters. The van der Waals surface area contributed by atoms with E-state index in [2.05, 4.69) is 0 Å². The Labute approximate surface area is 171 Å². The van der Waals surface area contributed by atoms with Gasteiger partial charge in [-0.1, -0.05) is 30.3 Å². The highest BCUT2D eigenvalue weighted by Gasteiger charge is 2.32. The number of rotatable bonds is 4. The summed E-state index contributed by atoms with van der Waals surface area (Å²) in [6.45, 7) is 2.70. The molecule has 0 radical (unpaired) electrons. The molecule has 29 heavy (non-hydrogen) atoms. The van der Waals surface area contributed by atoms with Crippen molar-refractivity contribution in [3.8, 4) is 11.5 Å². The Hall–Kier alpha value is -3.02. The quantitative estimate of drug-likeness (QED) is 0.798. The molecule has 4 rings (SSSR count). The van der Waals surface area contributed by atoms with Gasteiger partial charge < -0.3 is 19.3 Å². The minimum absolute atomic E-state index is 0.0836. The molecule has 2 aliphatic rings. The number of para-hydroxylation sites is 1. The van der Waals surface area contributed by atoms with E-state index in [-0.39, 0.29) is 17.7 Å². The monoisotopic (exact) mass is 394 g/mol. The van der Waals surface area contributed by atoms with Crippen LogP contribution in [0, 0.1) is 5.92 Å². The first-order chi connectivity index (χ1) is 14.1. The van der Waals surface area contributed by atoms with Crippen LogP contribution in [-0.2, 0) is 22.4 Å². The van der Waals surface area contributed by atoms with Crippen LogP contribution in [0.1, 0.15) is 11.1 Å². The average Bonchev–Trinajstić information content (AvgIpc) is 2.78. The minimum Gasteiger partial charge on any atom is -0.497 e. The van der Waals surface area contributed by atoms with Crippen molar-refractivity contribution in [3.05, 3.63) is 59.7 Å². The number of carbonyl (C=O) groups excluding carboxylic acids is 2. The van der Waals surface area contributed by atoms with Crippen LogP contribution in [-0.4, -0.2) is 61.5 Å². The fraction of sp³-hybridized carbons (Fsp3) is 0.391. The molecule has 2 amide bonds. The minimum atomic E-state index is -0.149. The largest absolute Gasteiger partial charge is 0.497 e. The third kappa shape index (κ3) is 4.36. The molecule has 1 fully saturated rings. The molecule has 0 bridgehead atoms. The zero-order chi connectivity index (χ0) is 20.2. The number of fused-ring (bicyclic) bond motifs is 1. The van der Waals surface area contributed by atoms with Crippen LogP contribution in [0.2, 0.25) is 0 Å². The Bertz CT molecular complexity index is 890. The van der Waals surface area contributed by atoms with Crippen molar-refractivity contribution in [2.45, 2.75) is 12.8 Å². The molecule has 2 aromatic carbocycles. The van der Waals surface area contributed by atoms with Crippen molar-refractivity contribution in [1.29, 1.82) is 0 Å². The van der Waals surface area contributed by atoms with Gasteiger partial charge in [0.1, 0.15) is 18.1 Å². The van der Waals surface area contributed by atoms with E-state index in [0.29, 0.717) is 45.6 Å². The standard InChI is InChI=1S/C23H26N2O4/c1-28-20-7-4-5-17(13-20)14-22(26)24-9-11-25(12-10-24)23(27)19-15-18-6-2-3-8-21(18)29-16-19/h2-8,13,19H,9-12,14-16H2,1H3. The van der Waals surface area contributed by atoms with E-state index in [1.165, 1.54) is 0 Å². The van der Waals surface area contributed by atoms with E-state index in [4.69, 9.17) is 9.47 Å². The fourth-order valence-corrected chi connectivity index (χ4v) is 3.99. The van der Waals surface area contributed by atoms with Crippen LogP contribution in [0.4, 0.5) is 0 Å². The third-order valence-corrected chi connectivity index (χ3v) is 5.66. The summed E-state index contributed by atoms with van der Waals surface area (Å²) in [7, 11) is 1.62. The predicted molar refractivity (Wildman–Crippen MR) is 109 cm³/mol. The van der Waals surface area contributed by atoms with Crippen molar-refractivity contribution >= 4 is 11.8 Å². The highest BCUT2D eigenvalue weighted by molar-refractivity contribution is 5.81. The molecule has 0 N–H and O–H groups in total. The fourth-order valence-electron chi connectivity index (χ4n) is 3.99. The Balaban J connectivity index is 1.30. The molecule has 6 heteroatoms. The Morgan fingerprint density at radius 3 is 2.59 bits per heavy atom. The van der Waals surface area contributed by atoms with Crippen molar-refractivity contribution in [2.75, 3.05) is 39.9 Å². The number of benzene rings is 2. The van der Waals surface area contributed by atoms with Gasteiger partial charge in [0.05, 0.1) is 19.4 Å².